The van der Waals surface area contributed by atoms with Crippen molar-refractivity contribution in [3.05, 3.63) is 0 Å². The molecule has 2 unspecified atom stereocenters. The molecule has 2 aliphatic carbocycles. The van der Waals surface area contributed by atoms with Crippen molar-refractivity contribution in [1.29, 1.82) is 0 Å². The highest BCUT2D eigenvalue weighted by Crippen LogP contribution is 2.45. The van der Waals surface area contributed by atoms with E-state index in [9.17, 15) is 0 Å². The van der Waals surface area contributed by atoms with Crippen molar-refractivity contribution in [2.75, 3.05) is 0 Å². The molecule has 2 rings (SSSR count). The van der Waals surface area contributed by atoms with E-state index in [4.69, 9.17) is 0 Å². The highest BCUT2D eigenvalue weighted by atomic mass is 14.4. The number of rotatable bonds is 1. The first-order valence-corrected chi connectivity index (χ1v) is 5.78. The third-order valence-electron chi connectivity index (χ3n) is 4.05. The molecule has 0 aliphatic heterocycles. The van der Waals surface area contributed by atoms with Crippen LogP contribution in [-0.4, -0.2) is 0 Å². The van der Waals surface area contributed by atoms with Crippen LogP contribution in [0.1, 0.15) is 52.4 Å². The highest BCUT2D eigenvalue weighted by molar-refractivity contribution is 4.84. The summed E-state index contributed by atoms with van der Waals surface area (Å²) in [6.07, 6.45) is 9.18. The molecular weight excluding hydrogens is 144 g/mol. The van der Waals surface area contributed by atoms with Gasteiger partial charge in [0.05, 0.1) is 0 Å². The zero-order valence-corrected chi connectivity index (χ0v) is 8.55. The Labute approximate surface area is 76.7 Å². The third kappa shape index (κ3) is 1.67. The molecule has 0 spiro atoms. The van der Waals surface area contributed by atoms with E-state index in [0.717, 1.165) is 23.7 Å². The molecule has 0 saturated heterocycles. The van der Waals surface area contributed by atoms with Gasteiger partial charge in [-0.15, -0.1) is 0 Å². The molecule has 0 amide bonds. The first-order valence-electron chi connectivity index (χ1n) is 5.78. The van der Waals surface area contributed by atoms with E-state index >= 15 is 0 Å². The molecule has 70 valence electrons. The summed E-state index contributed by atoms with van der Waals surface area (Å²) in [6.45, 7) is 4.82. The van der Waals surface area contributed by atoms with Gasteiger partial charge in [0.1, 0.15) is 0 Å². The fraction of sp³-hybridized carbons (Fsp3) is 1.00. The van der Waals surface area contributed by atoms with Gasteiger partial charge < -0.3 is 0 Å². The second-order valence-electron chi connectivity index (χ2n) is 5.29. The highest BCUT2D eigenvalue weighted by Gasteiger charge is 2.33. The van der Waals surface area contributed by atoms with Crippen LogP contribution in [-0.2, 0) is 0 Å². The van der Waals surface area contributed by atoms with Gasteiger partial charge in [0.15, 0.2) is 0 Å². The zero-order valence-electron chi connectivity index (χ0n) is 8.55. The van der Waals surface area contributed by atoms with Crippen LogP contribution < -0.4 is 0 Å². The Kier molecular flexibility index (Phi) is 2.43. The molecule has 2 fully saturated rings. The van der Waals surface area contributed by atoms with Crippen molar-refractivity contribution in [1.82, 2.24) is 0 Å². The van der Waals surface area contributed by atoms with Crippen molar-refractivity contribution in [3.63, 3.8) is 0 Å². The quantitative estimate of drug-likeness (QED) is 0.555. The predicted molar refractivity (Wildman–Crippen MR) is 53.0 cm³/mol. The maximum Gasteiger partial charge on any atom is -0.0406 e. The van der Waals surface area contributed by atoms with Gasteiger partial charge in [-0.05, 0) is 55.8 Å². The van der Waals surface area contributed by atoms with Crippen molar-refractivity contribution in [2.45, 2.75) is 52.4 Å². The SMILES string of the molecule is CCC1CC2CC(C)CC(C1)C2. The summed E-state index contributed by atoms with van der Waals surface area (Å²) in [5, 5.41) is 0. The summed E-state index contributed by atoms with van der Waals surface area (Å²) in [5.41, 5.74) is 0. The van der Waals surface area contributed by atoms with Gasteiger partial charge >= 0.3 is 0 Å². The van der Waals surface area contributed by atoms with Crippen LogP contribution in [0.3, 0.4) is 0 Å². The second kappa shape index (κ2) is 3.40. The Morgan fingerprint density at radius 2 is 1.50 bits per heavy atom. The summed E-state index contributed by atoms with van der Waals surface area (Å²) in [5.74, 6) is 4.34. The van der Waals surface area contributed by atoms with Gasteiger partial charge in [-0.25, -0.2) is 0 Å². The first kappa shape index (κ1) is 8.59. The van der Waals surface area contributed by atoms with Gasteiger partial charge in [0, 0.05) is 0 Å². The summed E-state index contributed by atoms with van der Waals surface area (Å²) in [4.78, 5) is 0. The molecule has 0 heterocycles. The largest absolute Gasteiger partial charge is 0.0651 e. The van der Waals surface area contributed by atoms with E-state index in [2.05, 4.69) is 13.8 Å². The van der Waals surface area contributed by atoms with Crippen LogP contribution in [0, 0.1) is 23.7 Å². The average Bonchev–Trinajstić information content (AvgIpc) is 2.02. The lowest BCUT2D eigenvalue weighted by Gasteiger charge is -2.41. The fourth-order valence-electron chi connectivity index (χ4n) is 3.66. The van der Waals surface area contributed by atoms with Gasteiger partial charge in [0.25, 0.3) is 0 Å². The van der Waals surface area contributed by atoms with Crippen LogP contribution in [0.15, 0.2) is 0 Å². The molecule has 2 atom stereocenters. The monoisotopic (exact) mass is 166 g/mol. The maximum absolute atomic E-state index is 2.45. The molecule has 0 N–H and O–H groups in total. The minimum Gasteiger partial charge on any atom is -0.0651 e. The van der Waals surface area contributed by atoms with Gasteiger partial charge in [-0.3, -0.25) is 0 Å². The van der Waals surface area contributed by atoms with E-state index in [-0.39, 0.29) is 0 Å². The fourth-order valence-corrected chi connectivity index (χ4v) is 3.66. The van der Waals surface area contributed by atoms with E-state index in [1.54, 1.807) is 19.3 Å². The Balaban J connectivity index is 1.96. The number of fused-ring (bicyclic) bond motifs is 2. The van der Waals surface area contributed by atoms with Crippen LogP contribution in [0.5, 0.6) is 0 Å². The lowest BCUT2D eigenvalue weighted by Crippen LogP contribution is -2.29. The lowest BCUT2D eigenvalue weighted by molar-refractivity contribution is 0.102. The summed E-state index contributed by atoms with van der Waals surface area (Å²) < 4.78 is 0. The van der Waals surface area contributed by atoms with Gasteiger partial charge in [-0.1, -0.05) is 20.3 Å². The third-order valence-corrected chi connectivity index (χ3v) is 4.05. The molecule has 12 heavy (non-hydrogen) atoms. The number of hydrogen-bond acceptors (Lipinski definition) is 0. The molecule has 2 aliphatic rings. The van der Waals surface area contributed by atoms with Crippen LogP contribution >= 0.6 is 0 Å². The van der Waals surface area contributed by atoms with E-state index in [0.29, 0.717) is 0 Å². The molecule has 0 heteroatoms. The predicted octanol–water partition coefficient (Wildman–Crippen LogP) is 3.86. The molecule has 0 aromatic rings. The zero-order chi connectivity index (χ0) is 8.55. The maximum atomic E-state index is 2.45. The van der Waals surface area contributed by atoms with Crippen molar-refractivity contribution >= 4 is 0 Å². The standard InChI is InChI=1S/C12H22/c1-3-10-6-11-4-9(2)5-12(7-10)8-11/h9-12H,3-8H2,1-2H3. The Hall–Kier alpha value is 0. The van der Waals surface area contributed by atoms with Crippen LogP contribution in [0.25, 0.3) is 0 Å². The Morgan fingerprint density at radius 1 is 0.917 bits per heavy atom. The Bertz CT molecular complexity index is 132. The molecule has 2 bridgehead atoms. The molecular formula is C12H22. The van der Waals surface area contributed by atoms with Crippen LogP contribution in [0.2, 0.25) is 0 Å². The second-order valence-corrected chi connectivity index (χ2v) is 5.29. The minimum atomic E-state index is 1.03. The molecule has 2 saturated carbocycles. The van der Waals surface area contributed by atoms with E-state index < -0.39 is 0 Å². The molecule has 0 aromatic heterocycles. The summed E-state index contributed by atoms with van der Waals surface area (Å²) in [7, 11) is 0. The summed E-state index contributed by atoms with van der Waals surface area (Å²) >= 11 is 0. The van der Waals surface area contributed by atoms with Crippen molar-refractivity contribution in [3.8, 4) is 0 Å². The average molecular weight is 166 g/mol. The van der Waals surface area contributed by atoms with Gasteiger partial charge in [-0.2, -0.15) is 0 Å². The van der Waals surface area contributed by atoms with E-state index in [1.807, 2.05) is 0 Å². The van der Waals surface area contributed by atoms with Crippen molar-refractivity contribution in [2.24, 2.45) is 23.7 Å². The lowest BCUT2D eigenvalue weighted by atomic mass is 9.64. The van der Waals surface area contributed by atoms with Gasteiger partial charge in [0.2, 0.25) is 0 Å². The topological polar surface area (TPSA) is 0 Å². The first-order chi connectivity index (χ1) is 5.78. The van der Waals surface area contributed by atoms with E-state index in [1.165, 1.54) is 19.3 Å². The molecule has 0 nitrogen and oxygen atoms in total. The Morgan fingerprint density at radius 3 is 2.00 bits per heavy atom. The minimum absolute atomic E-state index is 1.03. The smallest absolute Gasteiger partial charge is 0.0406 e. The molecule has 0 radical (unpaired) electrons. The normalized spacial score (nSPS) is 47.5. The van der Waals surface area contributed by atoms with Crippen LogP contribution in [0.4, 0.5) is 0 Å². The molecule has 0 aromatic carbocycles. The van der Waals surface area contributed by atoms with Crippen molar-refractivity contribution < 1.29 is 0 Å². The summed E-state index contributed by atoms with van der Waals surface area (Å²) in [6, 6.07) is 0. The number of hydrogen-bond donors (Lipinski definition) is 0.